The van der Waals surface area contributed by atoms with Gasteiger partial charge in [-0.05, 0) is 46.7 Å². The highest BCUT2D eigenvalue weighted by Gasteiger charge is 2.44. The number of benzene rings is 4. The van der Waals surface area contributed by atoms with E-state index in [4.69, 9.17) is 0 Å². The van der Waals surface area contributed by atoms with Crippen LogP contribution in [-0.4, -0.2) is 11.3 Å². The zero-order chi connectivity index (χ0) is 20.2. The maximum absolute atomic E-state index is 2.53. The molecule has 2 heteroatoms. The summed E-state index contributed by atoms with van der Waals surface area (Å²) in [5, 5.41) is 2.72. The molecule has 0 spiro atoms. The number of rotatable bonds is 0. The minimum atomic E-state index is -0.0138. The maximum Gasteiger partial charge on any atom is 0.247 e. The smallest absolute Gasteiger partial charge is 0.247 e. The van der Waals surface area contributed by atoms with Gasteiger partial charge in [-0.15, -0.1) is 0 Å². The van der Waals surface area contributed by atoms with Crippen LogP contribution in [0.4, 0.5) is 0 Å². The highest BCUT2D eigenvalue weighted by atomic mass is 15.0. The predicted molar refractivity (Wildman–Crippen MR) is 129 cm³/mol. The molecule has 0 N–H and O–H groups in total. The van der Waals surface area contributed by atoms with Crippen molar-refractivity contribution in [1.29, 1.82) is 0 Å². The van der Waals surface area contributed by atoms with Crippen molar-refractivity contribution in [1.82, 2.24) is 4.57 Å². The normalized spacial score (nSPS) is 15.4. The topological polar surface area (TPSA) is 4.93 Å². The van der Waals surface area contributed by atoms with Gasteiger partial charge in [-0.25, -0.2) is 0 Å². The molecule has 1 nitrogen and oxygen atoms in total. The SMILES string of the molecule is Cc1ccc2c(c1)-n1c3ccccc3c3ccc4c(c31)B2c1ccccc1C4(C)C. The van der Waals surface area contributed by atoms with E-state index in [9.17, 15) is 0 Å². The fraction of sp³-hybridized carbons (Fsp3) is 0.143. The van der Waals surface area contributed by atoms with Gasteiger partial charge in [0.2, 0.25) is 6.71 Å². The van der Waals surface area contributed by atoms with Gasteiger partial charge in [0, 0.05) is 27.4 Å². The molecule has 7 rings (SSSR count). The van der Waals surface area contributed by atoms with Gasteiger partial charge in [-0.2, -0.15) is 0 Å². The summed E-state index contributed by atoms with van der Waals surface area (Å²) in [6.07, 6.45) is 0. The lowest BCUT2D eigenvalue weighted by atomic mass is 9.30. The van der Waals surface area contributed by atoms with Crippen molar-refractivity contribution in [2.75, 3.05) is 0 Å². The quantitative estimate of drug-likeness (QED) is 0.339. The molecule has 0 aliphatic carbocycles. The second-order valence-corrected chi connectivity index (χ2v) is 9.48. The number of fused-ring (bicyclic) bond motifs is 8. The first-order chi connectivity index (χ1) is 14.6. The van der Waals surface area contributed by atoms with Crippen LogP contribution in [0.2, 0.25) is 0 Å². The van der Waals surface area contributed by atoms with Crippen molar-refractivity contribution in [3.63, 3.8) is 0 Å². The standard InChI is InChI=1S/C28H22BN/c1-17-12-15-23-25(16-17)30-24-11-7-4-8-18(24)19-13-14-21-26(27(19)30)29(23)22-10-6-5-9-20(22)28(21,2)3/h4-16H,1-3H3. The highest BCUT2D eigenvalue weighted by molar-refractivity contribution is 6.99. The molecule has 0 radical (unpaired) electrons. The first-order valence-electron chi connectivity index (χ1n) is 10.8. The summed E-state index contributed by atoms with van der Waals surface area (Å²) in [6, 6.07) is 29.7. The Labute approximate surface area is 177 Å². The van der Waals surface area contributed by atoms with E-state index in [1.807, 2.05) is 0 Å². The summed E-state index contributed by atoms with van der Waals surface area (Å²) in [6.45, 7) is 7.27. The minimum Gasteiger partial charge on any atom is -0.310 e. The Balaban J connectivity index is 1.79. The fourth-order valence-corrected chi connectivity index (χ4v) is 6.20. The number of hydrogen-bond donors (Lipinski definition) is 0. The number of aromatic nitrogens is 1. The molecule has 2 aliphatic rings. The van der Waals surface area contributed by atoms with Crippen LogP contribution in [0.25, 0.3) is 27.5 Å². The molecule has 4 aromatic carbocycles. The van der Waals surface area contributed by atoms with E-state index in [2.05, 4.69) is 104 Å². The van der Waals surface area contributed by atoms with E-state index in [0.29, 0.717) is 6.71 Å². The van der Waals surface area contributed by atoms with Crippen molar-refractivity contribution in [3.05, 3.63) is 95.6 Å². The van der Waals surface area contributed by atoms with Crippen molar-refractivity contribution in [2.45, 2.75) is 26.2 Å². The number of aryl methyl sites for hydroxylation is 1. The summed E-state index contributed by atoms with van der Waals surface area (Å²) >= 11 is 0. The molecule has 0 unspecified atom stereocenters. The summed E-state index contributed by atoms with van der Waals surface area (Å²) < 4.78 is 2.53. The molecule has 0 saturated heterocycles. The Bertz CT molecular complexity index is 1540. The van der Waals surface area contributed by atoms with E-state index in [1.54, 1.807) is 0 Å². The van der Waals surface area contributed by atoms with Crippen LogP contribution in [0.1, 0.15) is 30.5 Å². The Kier molecular flexibility index (Phi) is 2.90. The third kappa shape index (κ3) is 1.77. The summed E-state index contributed by atoms with van der Waals surface area (Å²) in [5.74, 6) is 0. The predicted octanol–water partition coefficient (Wildman–Crippen LogP) is 4.56. The lowest BCUT2D eigenvalue weighted by molar-refractivity contribution is 0.646. The second kappa shape index (κ2) is 5.26. The van der Waals surface area contributed by atoms with E-state index in [-0.39, 0.29) is 5.41 Å². The largest absolute Gasteiger partial charge is 0.310 e. The highest BCUT2D eigenvalue weighted by Crippen LogP contribution is 2.40. The first-order valence-corrected chi connectivity index (χ1v) is 10.8. The third-order valence-corrected chi connectivity index (χ3v) is 7.52. The molecule has 30 heavy (non-hydrogen) atoms. The summed E-state index contributed by atoms with van der Waals surface area (Å²) in [5.41, 5.74) is 12.7. The molecule has 0 bridgehead atoms. The average molecular weight is 383 g/mol. The number of hydrogen-bond acceptors (Lipinski definition) is 0. The number of nitrogens with zero attached hydrogens (tertiary/aromatic N) is 1. The zero-order valence-corrected chi connectivity index (χ0v) is 17.5. The summed E-state index contributed by atoms with van der Waals surface area (Å²) in [4.78, 5) is 0. The van der Waals surface area contributed by atoms with Gasteiger partial charge in [0.05, 0.1) is 5.52 Å². The lowest BCUT2D eigenvalue weighted by Crippen LogP contribution is -2.63. The van der Waals surface area contributed by atoms with Crippen molar-refractivity contribution >= 4 is 44.9 Å². The van der Waals surface area contributed by atoms with Crippen molar-refractivity contribution < 1.29 is 0 Å². The molecular weight excluding hydrogens is 361 g/mol. The molecule has 142 valence electrons. The fourth-order valence-electron chi connectivity index (χ4n) is 6.20. The molecule has 1 aromatic heterocycles. The van der Waals surface area contributed by atoms with Crippen LogP contribution < -0.4 is 16.4 Å². The third-order valence-electron chi connectivity index (χ3n) is 7.52. The van der Waals surface area contributed by atoms with Crippen molar-refractivity contribution in [2.24, 2.45) is 0 Å². The van der Waals surface area contributed by atoms with Gasteiger partial charge in [-0.1, -0.05) is 86.0 Å². The van der Waals surface area contributed by atoms with Crippen LogP contribution in [0.5, 0.6) is 0 Å². The molecule has 0 saturated carbocycles. The van der Waals surface area contributed by atoms with Gasteiger partial charge in [0.25, 0.3) is 0 Å². The van der Waals surface area contributed by atoms with Crippen LogP contribution in [0.3, 0.4) is 0 Å². The second-order valence-electron chi connectivity index (χ2n) is 9.48. The molecular formula is C28H22BN. The molecule has 0 atom stereocenters. The summed E-state index contributed by atoms with van der Waals surface area (Å²) in [7, 11) is 0. The van der Waals surface area contributed by atoms with Crippen LogP contribution in [-0.2, 0) is 5.41 Å². The Morgan fingerprint density at radius 1 is 0.733 bits per heavy atom. The van der Waals surface area contributed by atoms with Gasteiger partial charge < -0.3 is 4.57 Å². The minimum absolute atomic E-state index is 0.0138. The van der Waals surface area contributed by atoms with Gasteiger partial charge in [0.15, 0.2) is 0 Å². The molecule has 2 aliphatic heterocycles. The zero-order valence-electron chi connectivity index (χ0n) is 17.5. The Hall–Kier alpha value is -3.26. The van der Waals surface area contributed by atoms with E-state index in [0.717, 1.165) is 0 Å². The first kappa shape index (κ1) is 16.5. The Morgan fingerprint density at radius 3 is 2.43 bits per heavy atom. The van der Waals surface area contributed by atoms with Crippen LogP contribution in [0.15, 0.2) is 78.9 Å². The molecule has 0 fully saturated rings. The monoisotopic (exact) mass is 383 g/mol. The van der Waals surface area contributed by atoms with Crippen LogP contribution >= 0.6 is 0 Å². The van der Waals surface area contributed by atoms with Gasteiger partial charge >= 0.3 is 0 Å². The van der Waals surface area contributed by atoms with E-state index < -0.39 is 0 Å². The van der Waals surface area contributed by atoms with E-state index >= 15 is 0 Å². The lowest BCUT2D eigenvalue weighted by Gasteiger charge is -2.41. The number of para-hydroxylation sites is 1. The Morgan fingerprint density at radius 2 is 1.53 bits per heavy atom. The van der Waals surface area contributed by atoms with Crippen molar-refractivity contribution in [3.8, 4) is 5.69 Å². The van der Waals surface area contributed by atoms with Gasteiger partial charge in [0.1, 0.15) is 0 Å². The van der Waals surface area contributed by atoms with E-state index in [1.165, 1.54) is 60.6 Å². The molecule has 3 heterocycles. The molecule has 0 amide bonds. The van der Waals surface area contributed by atoms with Crippen LogP contribution in [0, 0.1) is 6.92 Å². The maximum atomic E-state index is 2.53. The average Bonchev–Trinajstić information content (AvgIpc) is 3.10. The van der Waals surface area contributed by atoms with Gasteiger partial charge in [-0.3, -0.25) is 0 Å². The molecule has 5 aromatic rings.